The van der Waals surface area contributed by atoms with Crippen molar-refractivity contribution < 1.29 is 39.5 Å². The summed E-state index contributed by atoms with van der Waals surface area (Å²) in [7, 11) is 0. The van der Waals surface area contributed by atoms with Crippen molar-refractivity contribution in [1.29, 1.82) is 0 Å². The summed E-state index contributed by atoms with van der Waals surface area (Å²) in [5.41, 5.74) is 0. The standard InChI is InChI=1S/C13H23NO8/c1-3-5-8(16)14(13(20)21-4-2)9-11(18)10(17)7(6-15)22-12(9)19/h7,9-12,15,17-19H,3-6H2,1-2H3/t7-,9-,10-,11-,12?/m1/s1. The number of imide groups is 1. The van der Waals surface area contributed by atoms with Crippen LogP contribution in [0.5, 0.6) is 0 Å². The van der Waals surface area contributed by atoms with Gasteiger partial charge in [0.1, 0.15) is 24.4 Å². The Hall–Kier alpha value is -1.26. The molecule has 1 fully saturated rings. The van der Waals surface area contributed by atoms with Crippen LogP contribution in [0.15, 0.2) is 0 Å². The van der Waals surface area contributed by atoms with Crippen molar-refractivity contribution in [2.75, 3.05) is 13.2 Å². The highest BCUT2D eigenvalue weighted by Gasteiger charge is 2.49. The van der Waals surface area contributed by atoms with Gasteiger partial charge in [0.15, 0.2) is 6.29 Å². The first-order valence-electron chi connectivity index (χ1n) is 7.18. The van der Waals surface area contributed by atoms with Gasteiger partial charge >= 0.3 is 6.09 Å². The van der Waals surface area contributed by atoms with Crippen LogP contribution in [0.1, 0.15) is 26.7 Å². The largest absolute Gasteiger partial charge is 0.449 e. The molecule has 4 N–H and O–H groups in total. The molecule has 0 saturated carbocycles. The van der Waals surface area contributed by atoms with Gasteiger partial charge in [-0.3, -0.25) is 4.79 Å². The van der Waals surface area contributed by atoms with E-state index in [1.807, 2.05) is 0 Å². The lowest BCUT2D eigenvalue weighted by Gasteiger charge is -2.43. The van der Waals surface area contributed by atoms with Gasteiger partial charge in [0.25, 0.3) is 0 Å². The fourth-order valence-corrected chi connectivity index (χ4v) is 2.28. The number of amides is 2. The molecule has 0 aromatic rings. The molecule has 0 spiro atoms. The molecule has 0 bridgehead atoms. The molecule has 1 unspecified atom stereocenters. The monoisotopic (exact) mass is 321 g/mol. The Morgan fingerprint density at radius 2 is 1.82 bits per heavy atom. The Kier molecular flexibility index (Phi) is 7.17. The van der Waals surface area contributed by atoms with E-state index in [0.717, 1.165) is 0 Å². The fourth-order valence-electron chi connectivity index (χ4n) is 2.28. The summed E-state index contributed by atoms with van der Waals surface area (Å²) in [6, 6.07) is -1.52. The van der Waals surface area contributed by atoms with Crippen molar-refractivity contribution in [2.24, 2.45) is 0 Å². The van der Waals surface area contributed by atoms with Crippen LogP contribution in [0, 0.1) is 0 Å². The van der Waals surface area contributed by atoms with Gasteiger partial charge in [-0.15, -0.1) is 0 Å². The smallest absolute Gasteiger partial charge is 0.417 e. The molecule has 0 aromatic carbocycles. The first-order chi connectivity index (χ1) is 10.4. The van der Waals surface area contributed by atoms with Crippen LogP contribution in [-0.4, -0.2) is 81.2 Å². The first-order valence-corrected chi connectivity index (χ1v) is 7.18. The molecule has 1 heterocycles. The Balaban J connectivity index is 3.06. The highest BCUT2D eigenvalue weighted by Crippen LogP contribution is 2.25. The molecule has 1 rings (SSSR count). The third kappa shape index (κ3) is 3.93. The average Bonchev–Trinajstić information content (AvgIpc) is 2.47. The maximum Gasteiger partial charge on any atom is 0.417 e. The van der Waals surface area contributed by atoms with Gasteiger partial charge in [-0.05, 0) is 13.3 Å². The van der Waals surface area contributed by atoms with Gasteiger partial charge in [0, 0.05) is 6.42 Å². The van der Waals surface area contributed by atoms with E-state index in [1.165, 1.54) is 0 Å². The quantitative estimate of drug-likeness (QED) is 0.484. The summed E-state index contributed by atoms with van der Waals surface area (Å²) in [4.78, 5) is 24.7. The van der Waals surface area contributed by atoms with Gasteiger partial charge < -0.3 is 29.9 Å². The third-order valence-electron chi connectivity index (χ3n) is 3.36. The zero-order valence-electron chi connectivity index (χ0n) is 12.6. The summed E-state index contributed by atoms with van der Waals surface area (Å²) >= 11 is 0. The van der Waals surface area contributed by atoms with Crippen molar-refractivity contribution in [3.8, 4) is 0 Å². The normalized spacial score (nSPS) is 31.6. The predicted molar refractivity (Wildman–Crippen MR) is 72.5 cm³/mol. The molecule has 128 valence electrons. The second-order valence-corrected chi connectivity index (χ2v) is 4.93. The summed E-state index contributed by atoms with van der Waals surface area (Å²) < 4.78 is 9.73. The van der Waals surface area contributed by atoms with E-state index in [0.29, 0.717) is 11.3 Å². The lowest BCUT2D eigenvalue weighted by Crippen LogP contribution is -2.66. The fraction of sp³-hybridized carbons (Fsp3) is 0.846. The zero-order valence-corrected chi connectivity index (χ0v) is 12.6. The van der Waals surface area contributed by atoms with E-state index in [2.05, 4.69) is 0 Å². The highest BCUT2D eigenvalue weighted by molar-refractivity contribution is 5.92. The SMILES string of the molecule is CCCC(=O)N(C(=O)OCC)[C@H]1C(O)O[C@H](CO)[C@@H](O)[C@@H]1O. The second-order valence-electron chi connectivity index (χ2n) is 4.93. The second kappa shape index (κ2) is 8.39. The molecule has 9 heteroatoms. The number of carbonyl (C=O) groups is 2. The molecule has 9 nitrogen and oxygen atoms in total. The van der Waals surface area contributed by atoms with E-state index in [1.54, 1.807) is 13.8 Å². The topological polar surface area (TPSA) is 137 Å². The number of nitrogens with zero attached hydrogens (tertiary/aromatic N) is 1. The van der Waals surface area contributed by atoms with Crippen molar-refractivity contribution in [3.05, 3.63) is 0 Å². The minimum atomic E-state index is -1.75. The maximum absolute atomic E-state index is 12.1. The first kappa shape index (κ1) is 18.8. The van der Waals surface area contributed by atoms with Gasteiger partial charge in [-0.2, -0.15) is 0 Å². The molecule has 2 amide bonds. The van der Waals surface area contributed by atoms with E-state index < -0.39 is 49.3 Å². The van der Waals surface area contributed by atoms with E-state index in [9.17, 15) is 24.9 Å². The molecule has 0 radical (unpaired) electrons. The Bertz CT molecular complexity index is 372. The van der Waals surface area contributed by atoms with Gasteiger partial charge in [0.2, 0.25) is 5.91 Å². The van der Waals surface area contributed by atoms with Crippen LogP contribution in [0.4, 0.5) is 4.79 Å². The average molecular weight is 321 g/mol. The molecule has 1 saturated heterocycles. The molecular formula is C13H23NO8. The number of aliphatic hydroxyl groups excluding tert-OH is 4. The van der Waals surface area contributed by atoms with E-state index >= 15 is 0 Å². The van der Waals surface area contributed by atoms with Crippen molar-refractivity contribution >= 4 is 12.0 Å². The number of hydrogen-bond donors (Lipinski definition) is 4. The summed E-state index contributed by atoms with van der Waals surface area (Å²) in [5.74, 6) is -0.665. The Morgan fingerprint density at radius 3 is 2.32 bits per heavy atom. The van der Waals surface area contributed by atoms with Crippen molar-refractivity contribution in [3.63, 3.8) is 0 Å². The lowest BCUT2D eigenvalue weighted by molar-refractivity contribution is -0.267. The van der Waals surface area contributed by atoms with Crippen LogP contribution < -0.4 is 0 Å². The van der Waals surface area contributed by atoms with Crippen LogP contribution in [-0.2, 0) is 14.3 Å². The number of carbonyl (C=O) groups excluding carboxylic acids is 2. The predicted octanol–water partition coefficient (Wildman–Crippen LogP) is -1.43. The molecule has 1 aliphatic rings. The minimum Gasteiger partial charge on any atom is -0.449 e. The third-order valence-corrected chi connectivity index (χ3v) is 3.36. The van der Waals surface area contributed by atoms with Gasteiger partial charge in [-0.1, -0.05) is 6.92 Å². The summed E-state index contributed by atoms with van der Waals surface area (Å²) in [6.45, 7) is 2.63. The van der Waals surface area contributed by atoms with E-state index in [-0.39, 0.29) is 13.0 Å². The highest BCUT2D eigenvalue weighted by atomic mass is 16.6. The summed E-state index contributed by atoms with van der Waals surface area (Å²) in [5, 5.41) is 39.0. The molecule has 1 aliphatic heterocycles. The molecule has 0 aliphatic carbocycles. The van der Waals surface area contributed by atoms with Crippen LogP contribution in [0.3, 0.4) is 0 Å². The Morgan fingerprint density at radius 1 is 1.18 bits per heavy atom. The zero-order chi connectivity index (χ0) is 16.9. The number of hydrogen-bond acceptors (Lipinski definition) is 8. The van der Waals surface area contributed by atoms with Crippen molar-refractivity contribution in [1.82, 2.24) is 4.90 Å². The van der Waals surface area contributed by atoms with Crippen LogP contribution in [0.2, 0.25) is 0 Å². The number of rotatable bonds is 5. The number of ether oxygens (including phenoxy) is 2. The van der Waals surface area contributed by atoms with Crippen LogP contribution in [0.25, 0.3) is 0 Å². The van der Waals surface area contributed by atoms with Gasteiger partial charge in [0.05, 0.1) is 13.2 Å². The molecular weight excluding hydrogens is 298 g/mol. The van der Waals surface area contributed by atoms with Gasteiger partial charge in [-0.25, -0.2) is 9.69 Å². The molecule has 5 atom stereocenters. The summed E-state index contributed by atoms with van der Waals surface area (Å²) in [6.07, 6.45) is -6.81. The Labute approximate surface area is 128 Å². The van der Waals surface area contributed by atoms with Crippen molar-refractivity contribution in [2.45, 2.75) is 57.3 Å². The number of aliphatic hydroxyl groups is 4. The minimum absolute atomic E-state index is 0.00365. The van der Waals surface area contributed by atoms with Crippen LogP contribution >= 0.6 is 0 Å². The lowest BCUT2D eigenvalue weighted by atomic mass is 9.95. The molecule has 0 aromatic heterocycles. The maximum atomic E-state index is 12.1. The molecule has 22 heavy (non-hydrogen) atoms. The van der Waals surface area contributed by atoms with E-state index in [4.69, 9.17) is 14.6 Å².